The Labute approximate surface area is 161 Å². The molecule has 2 fully saturated rings. The molecule has 152 valence electrons. The second-order valence-corrected chi connectivity index (χ2v) is 7.69. The number of thioether (sulfide) groups is 1. The Morgan fingerprint density at radius 1 is 0.960 bits per heavy atom. The normalized spacial score (nSPS) is 21.7. The Hall–Kier alpha value is 0.190. The van der Waals surface area contributed by atoms with Crippen molar-refractivity contribution < 1.29 is 9.84 Å². The minimum absolute atomic E-state index is 0.242. The van der Waals surface area contributed by atoms with Crippen LogP contribution in [0.25, 0.3) is 0 Å². The first kappa shape index (κ1) is 25.2. The molecule has 5 heteroatoms. The van der Waals surface area contributed by atoms with Crippen molar-refractivity contribution in [3.8, 4) is 0 Å². The minimum Gasteiger partial charge on any atom is -0.396 e. The van der Waals surface area contributed by atoms with Gasteiger partial charge >= 0.3 is 0 Å². The van der Waals surface area contributed by atoms with E-state index < -0.39 is 0 Å². The van der Waals surface area contributed by atoms with Crippen molar-refractivity contribution in [1.29, 1.82) is 0 Å². The summed E-state index contributed by atoms with van der Waals surface area (Å²) in [6.07, 6.45) is 6.28. The van der Waals surface area contributed by atoms with Crippen LogP contribution in [0.5, 0.6) is 0 Å². The number of unbranched alkanes of at least 4 members (excludes halogenated alkanes) is 2. The highest BCUT2D eigenvalue weighted by molar-refractivity contribution is 7.99. The molecular formula is C20H44N2O2S. The fourth-order valence-electron chi connectivity index (χ4n) is 2.89. The second-order valence-electron chi connectivity index (χ2n) is 6.47. The standard InChI is InChI=1S/C10H21NO2.C8H17NS.C2H6/c1-2-3-5-11-6-8-13-10(9-11)4-7-12;1-2-3-4-9-5-7-10-8-6-9;1-2/h10,12H,2-9H2,1H3;2-8H2,1H3;1-2H3. The summed E-state index contributed by atoms with van der Waals surface area (Å²) in [5, 5.41) is 8.78. The quantitative estimate of drug-likeness (QED) is 0.698. The van der Waals surface area contributed by atoms with Crippen LogP contribution < -0.4 is 0 Å². The van der Waals surface area contributed by atoms with Gasteiger partial charge in [0.25, 0.3) is 0 Å². The summed E-state index contributed by atoms with van der Waals surface area (Å²) in [5.74, 6) is 2.70. The molecule has 0 radical (unpaired) electrons. The predicted molar refractivity (Wildman–Crippen MR) is 113 cm³/mol. The lowest BCUT2D eigenvalue weighted by molar-refractivity contribution is -0.0382. The second kappa shape index (κ2) is 19.0. The molecule has 0 bridgehead atoms. The number of nitrogens with zero attached hydrogens (tertiary/aromatic N) is 2. The highest BCUT2D eigenvalue weighted by Crippen LogP contribution is 2.10. The van der Waals surface area contributed by atoms with Crippen LogP contribution in [-0.2, 0) is 4.74 Å². The zero-order valence-corrected chi connectivity index (χ0v) is 18.2. The molecule has 25 heavy (non-hydrogen) atoms. The van der Waals surface area contributed by atoms with E-state index in [1.807, 2.05) is 13.8 Å². The van der Waals surface area contributed by atoms with Gasteiger partial charge in [-0.15, -0.1) is 0 Å². The summed E-state index contributed by atoms with van der Waals surface area (Å²) >= 11 is 2.09. The van der Waals surface area contributed by atoms with Gasteiger partial charge in [-0.2, -0.15) is 11.8 Å². The summed E-state index contributed by atoms with van der Waals surface area (Å²) in [6, 6.07) is 0. The van der Waals surface area contributed by atoms with Crippen LogP contribution in [0.2, 0.25) is 0 Å². The van der Waals surface area contributed by atoms with Crippen LogP contribution in [0.15, 0.2) is 0 Å². The van der Waals surface area contributed by atoms with Crippen molar-refractivity contribution >= 4 is 11.8 Å². The fraction of sp³-hybridized carbons (Fsp3) is 1.00. The van der Waals surface area contributed by atoms with Crippen LogP contribution in [-0.4, -0.2) is 85.0 Å². The third kappa shape index (κ3) is 14.0. The van der Waals surface area contributed by atoms with Crippen LogP contribution in [0.1, 0.15) is 59.8 Å². The smallest absolute Gasteiger partial charge is 0.0724 e. The van der Waals surface area contributed by atoms with Crippen molar-refractivity contribution in [3.05, 3.63) is 0 Å². The molecular weight excluding hydrogens is 332 g/mol. The zero-order valence-electron chi connectivity index (χ0n) is 17.3. The lowest BCUT2D eigenvalue weighted by atomic mass is 10.2. The van der Waals surface area contributed by atoms with Crippen molar-refractivity contribution in [2.45, 2.75) is 65.9 Å². The van der Waals surface area contributed by atoms with Crippen LogP contribution >= 0.6 is 11.8 Å². The number of ether oxygens (including phenoxy) is 1. The van der Waals surface area contributed by atoms with Gasteiger partial charge in [-0.25, -0.2) is 0 Å². The number of rotatable bonds is 8. The summed E-state index contributed by atoms with van der Waals surface area (Å²) < 4.78 is 5.53. The van der Waals surface area contributed by atoms with Crippen LogP contribution in [0.3, 0.4) is 0 Å². The molecule has 0 amide bonds. The molecule has 0 aromatic rings. The number of hydrogen-bond acceptors (Lipinski definition) is 5. The third-order valence-electron chi connectivity index (χ3n) is 4.43. The van der Waals surface area contributed by atoms with E-state index in [1.54, 1.807) is 0 Å². The summed E-state index contributed by atoms with van der Waals surface area (Å²) in [4.78, 5) is 5.02. The van der Waals surface area contributed by atoms with E-state index in [0.717, 1.165) is 26.1 Å². The minimum atomic E-state index is 0.242. The molecule has 2 rings (SSSR count). The maximum absolute atomic E-state index is 8.78. The van der Waals surface area contributed by atoms with Gasteiger partial charge in [0, 0.05) is 44.3 Å². The van der Waals surface area contributed by atoms with Gasteiger partial charge in [-0.3, -0.25) is 4.90 Å². The molecule has 1 atom stereocenters. The number of aliphatic hydroxyl groups excluding tert-OH is 1. The Balaban J connectivity index is 0.000000430. The van der Waals surface area contributed by atoms with Crippen LogP contribution in [0, 0.1) is 0 Å². The van der Waals surface area contributed by atoms with E-state index in [0.29, 0.717) is 0 Å². The Morgan fingerprint density at radius 2 is 1.56 bits per heavy atom. The van der Waals surface area contributed by atoms with Gasteiger partial charge in [0.05, 0.1) is 12.7 Å². The highest BCUT2D eigenvalue weighted by Gasteiger charge is 2.18. The van der Waals surface area contributed by atoms with Gasteiger partial charge in [-0.05, 0) is 32.4 Å². The zero-order chi connectivity index (χ0) is 18.8. The molecule has 0 spiro atoms. The van der Waals surface area contributed by atoms with E-state index >= 15 is 0 Å². The molecule has 4 nitrogen and oxygen atoms in total. The van der Waals surface area contributed by atoms with Crippen molar-refractivity contribution in [1.82, 2.24) is 9.80 Å². The topological polar surface area (TPSA) is 35.9 Å². The van der Waals surface area contributed by atoms with Gasteiger partial charge in [0.2, 0.25) is 0 Å². The first-order valence-corrected chi connectivity index (χ1v) is 11.7. The van der Waals surface area contributed by atoms with Gasteiger partial charge < -0.3 is 14.7 Å². The number of hydrogen-bond donors (Lipinski definition) is 1. The number of aliphatic hydroxyl groups is 1. The summed E-state index contributed by atoms with van der Waals surface area (Å²) in [6.45, 7) is 16.8. The Kier molecular flexibility index (Phi) is 19.1. The molecule has 2 aliphatic heterocycles. The molecule has 0 aromatic heterocycles. The first-order valence-electron chi connectivity index (χ1n) is 10.5. The fourth-order valence-corrected chi connectivity index (χ4v) is 3.87. The monoisotopic (exact) mass is 376 g/mol. The van der Waals surface area contributed by atoms with E-state index in [9.17, 15) is 0 Å². The largest absolute Gasteiger partial charge is 0.396 e. The lowest BCUT2D eigenvalue weighted by Gasteiger charge is -2.32. The first-order chi connectivity index (χ1) is 12.3. The van der Waals surface area contributed by atoms with Gasteiger partial charge in [-0.1, -0.05) is 40.5 Å². The van der Waals surface area contributed by atoms with Crippen molar-refractivity contribution in [3.63, 3.8) is 0 Å². The van der Waals surface area contributed by atoms with Gasteiger partial charge in [0.15, 0.2) is 0 Å². The Morgan fingerprint density at radius 3 is 2.12 bits per heavy atom. The highest BCUT2D eigenvalue weighted by atomic mass is 32.2. The summed E-state index contributed by atoms with van der Waals surface area (Å²) in [7, 11) is 0. The molecule has 1 unspecified atom stereocenters. The van der Waals surface area contributed by atoms with E-state index in [2.05, 4.69) is 35.4 Å². The average molecular weight is 377 g/mol. The van der Waals surface area contributed by atoms with E-state index in [1.165, 1.54) is 63.4 Å². The third-order valence-corrected chi connectivity index (χ3v) is 5.38. The summed E-state index contributed by atoms with van der Waals surface area (Å²) in [5.41, 5.74) is 0. The molecule has 0 aromatic carbocycles. The van der Waals surface area contributed by atoms with Crippen molar-refractivity contribution in [2.75, 3.05) is 64.0 Å². The molecule has 2 saturated heterocycles. The van der Waals surface area contributed by atoms with Crippen molar-refractivity contribution in [2.24, 2.45) is 0 Å². The molecule has 0 saturated carbocycles. The Bertz CT molecular complexity index is 262. The SMILES string of the molecule is CC.CCCCN1CCOC(CCO)C1.CCCCN1CCSCC1. The molecule has 0 aliphatic carbocycles. The lowest BCUT2D eigenvalue weighted by Crippen LogP contribution is -2.43. The average Bonchev–Trinajstić information content (AvgIpc) is 2.68. The van der Waals surface area contributed by atoms with E-state index in [-0.39, 0.29) is 12.7 Å². The van der Waals surface area contributed by atoms with E-state index in [4.69, 9.17) is 9.84 Å². The maximum atomic E-state index is 8.78. The number of morpholine rings is 1. The molecule has 2 aliphatic rings. The predicted octanol–water partition coefficient (Wildman–Crippen LogP) is 3.73. The van der Waals surface area contributed by atoms with Gasteiger partial charge in [0.1, 0.15) is 0 Å². The molecule has 1 N–H and O–H groups in total. The maximum Gasteiger partial charge on any atom is 0.0724 e. The molecule has 2 heterocycles. The van der Waals surface area contributed by atoms with Crippen LogP contribution in [0.4, 0.5) is 0 Å².